The lowest BCUT2D eigenvalue weighted by Gasteiger charge is -2.51. The summed E-state index contributed by atoms with van der Waals surface area (Å²) >= 11 is 0. The Bertz CT molecular complexity index is 2700. The zero-order chi connectivity index (χ0) is 65.1. The lowest BCUT2D eigenvalue weighted by atomic mass is 9.93. The molecule has 4 fully saturated rings. The van der Waals surface area contributed by atoms with E-state index in [-0.39, 0.29) is 26.4 Å². The first-order valence-electron chi connectivity index (χ1n) is 28.4. The summed E-state index contributed by atoms with van der Waals surface area (Å²) in [6.45, 7) is 10.8. The van der Waals surface area contributed by atoms with Gasteiger partial charge in [0.05, 0.1) is 33.0 Å². The Morgan fingerprint density at radius 2 is 0.764 bits per heavy atom. The molecule has 20 atom stereocenters. The van der Waals surface area contributed by atoms with Crippen LogP contribution < -0.4 is 10.6 Å². The van der Waals surface area contributed by atoms with Gasteiger partial charge in [0.1, 0.15) is 80.2 Å². The molecule has 0 aromatic heterocycles. The molecule has 0 spiro atoms. The first-order chi connectivity index (χ1) is 42.3. The van der Waals surface area contributed by atoms with Crippen molar-refractivity contribution in [2.75, 3.05) is 33.0 Å². The van der Waals surface area contributed by atoms with Gasteiger partial charge in [-0.2, -0.15) is 0 Å². The quantitative estimate of drug-likeness (QED) is 0.0502. The first kappa shape index (κ1) is 71.0. The van der Waals surface area contributed by atoms with Crippen LogP contribution in [-0.4, -0.2) is 220 Å². The van der Waals surface area contributed by atoms with E-state index in [1.54, 1.807) is 54.6 Å². The van der Waals surface area contributed by atoms with Gasteiger partial charge >= 0.3 is 41.8 Å². The molecule has 30 nitrogen and oxygen atoms in total. The van der Waals surface area contributed by atoms with E-state index < -0.39 is 196 Å². The van der Waals surface area contributed by atoms with E-state index in [9.17, 15) is 53.4 Å². The van der Waals surface area contributed by atoms with Crippen molar-refractivity contribution in [3.05, 3.63) is 84.4 Å². The second-order valence-electron chi connectivity index (χ2n) is 21.0. The maximum absolute atomic E-state index is 13.4. The minimum absolute atomic E-state index is 0.0343. The highest BCUT2D eigenvalue weighted by Gasteiger charge is 2.60. The molecule has 4 aliphatic heterocycles. The molecule has 4 N–H and O–H groups in total. The molecule has 2 aromatic rings. The molecule has 0 unspecified atom stereocenters. The Morgan fingerprint density at radius 3 is 1.16 bits per heavy atom. The third-order valence-electron chi connectivity index (χ3n) is 13.7. The summed E-state index contributed by atoms with van der Waals surface area (Å²) in [4.78, 5) is 116. The van der Waals surface area contributed by atoms with Gasteiger partial charge in [-0.15, -0.1) is 6.58 Å². The average molecular weight is 1260 g/mol. The number of amides is 2. The molecule has 4 saturated heterocycles. The molecular formula is C59H78N2O28. The van der Waals surface area contributed by atoms with Crippen LogP contribution >= 0.6 is 0 Å². The van der Waals surface area contributed by atoms with Gasteiger partial charge in [0.15, 0.2) is 55.7 Å². The summed E-state index contributed by atoms with van der Waals surface area (Å²) in [6.07, 6.45) is -29.9. The normalized spacial score (nSPS) is 31.7. The van der Waals surface area contributed by atoms with Crippen LogP contribution in [0.2, 0.25) is 0 Å². The highest BCUT2D eigenvalue weighted by atomic mass is 16.8. The van der Waals surface area contributed by atoms with Crippen molar-refractivity contribution < 1.29 is 134 Å². The summed E-state index contributed by atoms with van der Waals surface area (Å²) in [7, 11) is 0. The molecule has 6 rings (SSSR count). The number of carbonyl (C=O) groups is 9. The number of nitrogens with one attached hydrogen (secondary N) is 2. The molecule has 4 heterocycles. The number of carbonyl (C=O) groups excluding carboxylic acids is 9. The fraction of sp³-hybridized carbons (Fsp3) is 0.610. The van der Waals surface area contributed by atoms with Gasteiger partial charge in [-0.05, 0) is 11.1 Å². The summed E-state index contributed by atoms with van der Waals surface area (Å²) in [5.41, 5.74) is 1.41. The highest BCUT2D eigenvalue weighted by Crippen LogP contribution is 2.38. The van der Waals surface area contributed by atoms with Gasteiger partial charge in [0.2, 0.25) is 11.8 Å². The SMILES string of the molecule is C=CCO[C@@H]1O[C@H](COCc2ccccc2)[C@@H](O[C@@H]2O[C@H](COC(C)=O)[C@H](OC(C)=O)[C@H](O[C@@H]3O[C@H](COCc4ccccc4)[C@@H](O[C@@H]4O[C@H](COC(C)=O)[C@@H](OC(C)=O)[C@H](OC(C)=O)[C@H]4OC(C)=O)[C@H](O)[C@H]3NC(C)=O)[C@H]2OC(C)=O)[C@H](O)[C@H]1NC(C)=O. The number of ether oxygens (including phenoxy) is 17. The topological polar surface area (TPSA) is 375 Å². The Morgan fingerprint density at radius 1 is 0.427 bits per heavy atom. The molecule has 0 bridgehead atoms. The second kappa shape index (κ2) is 34.2. The van der Waals surface area contributed by atoms with Crippen molar-refractivity contribution in [1.29, 1.82) is 0 Å². The third kappa shape index (κ3) is 21.0. The molecule has 89 heavy (non-hydrogen) atoms. The summed E-state index contributed by atoms with van der Waals surface area (Å²) in [6, 6.07) is 14.6. The van der Waals surface area contributed by atoms with Crippen LogP contribution in [0.25, 0.3) is 0 Å². The Kier molecular flexibility index (Phi) is 27.3. The van der Waals surface area contributed by atoms with Crippen molar-refractivity contribution >= 4 is 53.6 Å². The molecular weight excluding hydrogens is 1180 g/mol. The molecule has 0 radical (unpaired) electrons. The van der Waals surface area contributed by atoms with Crippen LogP contribution in [0, 0.1) is 0 Å². The minimum Gasteiger partial charge on any atom is -0.463 e. The third-order valence-corrected chi connectivity index (χ3v) is 13.7. The van der Waals surface area contributed by atoms with Crippen molar-refractivity contribution in [3.8, 4) is 0 Å². The molecule has 0 saturated carbocycles. The Balaban J connectivity index is 1.47. The number of benzene rings is 2. The number of aliphatic hydroxyl groups is 2. The van der Waals surface area contributed by atoms with Gasteiger partial charge in [-0.25, -0.2) is 0 Å². The van der Waals surface area contributed by atoms with Crippen LogP contribution in [0.4, 0.5) is 0 Å². The van der Waals surface area contributed by atoms with Crippen molar-refractivity contribution in [2.24, 2.45) is 0 Å². The zero-order valence-electron chi connectivity index (χ0n) is 50.6. The molecule has 4 aliphatic rings. The number of rotatable bonds is 28. The van der Waals surface area contributed by atoms with Crippen molar-refractivity contribution in [1.82, 2.24) is 10.6 Å². The van der Waals surface area contributed by atoms with Crippen LogP contribution in [0.15, 0.2) is 73.3 Å². The van der Waals surface area contributed by atoms with E-state index in [4.69, 9.17) is 80.5 Å². The van der Waals surface area contributed by atoms with E-state index in [1.165, 1.54) is 13.0 Å². The van der Waals surface area contributed by atoms with Gasteiger partial charge in [0.25, 0.3) is 0 Å². The predicted octanol–water partition coefficient (Wildman–Crippen LogP) is 0.194. The second-order valence-corrected chi connectivity index (χ2v) is 21.0. The van der Waals surface area contributed by atoms with Gasteiger partial charge in [-0.3, -0.25) is 43.2 Å². The van der Waals surface area contributed by atoms with Gasteiger partial charge in [0, 0.05) is 62.3 Å². The predicted molar refractivity (Wildman–Crippen MR) is 296 cm³/mol. The van der Waals surface area contributed by atoms with Crippen molar-refractivity contribution in [2.45, 2.75) is 198 Å². The molecule has 30 heteroatoms. The highest BCUT2D eigenvalue weighted by molar-refractivity contribution is 5.74. The fourth-order valence-electron chi connectivity index (χ4n) is 10.3. The van der Waals surface area contributed by atoms with Crippen molar-refractivity contribution in [3.63, 3.8) is 0 Å². The smallest absolute Gasteiger partial charge is 0.303 e. The van der Waals surface area contributed by atoms with E-state index in [2.05, 4.69) is 17.2 Å². The standard InChI is InChI=1S/C59H78N2O28/c1-11-22-75-56-44(60-29(2)62)46(71)48(40(83-56)25-73-23-38-18-14-12-15-19-38)87-59-55(82-37(10)70)53(51(79-34(7)67)43(86-59)28-77-32(5)65)89-57-45(61-30(3)63)47(72)49(41(84-57)26-74-24-39-20-16-13-17-21-39)88-58-54(81-36(9)69)52(80-35(8)68)50(78-33(6)66)42(85-58)27-76-31(4)64/h11-21,40-59,71-72H,1,22-28H2,2-10H3,(H,60,62)(H,61,63)/t40-,41-,42-,43-,44-,45-,46-,47-,48-,49-,50-,51+,52+,53+,54-,55-,56-,57+,58+,59+/m1/s1. The fourth-order valence-corrected chi connectivity index (χ4v) is 10.3. The lowest BCUT2D eigenvalue weighted by Crippen LogP contribution is -2.71. The zero-order valence-corrected chi connectivity index (χ0v) is 50.6. The number of esters is 7. The summed E-state index contributed by atoms with van der Waals surface area (Å²) in [5.74, 6) is -7.96. The maximum Gasteiger partial charge on any atom is 0.303 e. The van der Waals surface area contributed by atoms with E-state index in [0.717, 1.165) is 61.0 Å². The summed E-state index contributed by atoms with van der Waals surface area (Å²) < 4.78 is 103. The van der Waals surface area contributed by atoms with Crippen LogP contribution in [0.3, 0.4) is 0 Å². The van der Waals surface area contributed by atoms with Gasteiger partial charge < -0.3 is 101 Å². The molecule has 2 amide bonds. The first-order valence-corrected chi connectivity index (χ1v) is 28.4. The summed E-state index contributed by atoms with van der Waals surface area (Å²) in [5, 5.41) is 30.4. The number of hydrogen-bond donors (Lipinski definition) is 4. The monoisotopic (exact) mass is 1260 g/mol. The Labute approximate surface area is 512 Å². The minimum atomic E-state index is -2.05. The number of aliphatic hydroxyl groups excluding tert-OH is 2. The average Bonchev–Trinajstić information content (AvgIpc) is 0.807. The van der Waals surface area contributed by atoms with Crippen LogP contribution in [0.5, 0.6) is 0 Å². The molecule has 2 aromatic carbocycles. The number of hydrogen-bond acceptors (Lipinski definition) is 28. The van der Waals surface area contributed by atoms with E-state index >= 15 is 0 Å². The van der Waals surface area contributed by atoms with Crippen LogP contribution in [0.1, 0.15) is 73.4 Å². The largest absolute Gasteiger partial charge is 0.463 e. The van der Waals surface area contributed by atoms with E-state index in [0.29, 0.717) is 5.56 Å². The van der Waals surface area contributed by atoms with Gasteiger partial charge in [-0.1, -0.05) is 66.7 Å². The lowest BCUT2D eigenvalue weighted by molar-refractivity contribution is -0.379. The molecule has 0 aliphatic carbocycles. The van der Waals surface area contributed by atoms with E-state index in [1.807, 2.05) is 6.07 Å². The molecule has 492 valence electrons. The van der Waals surface area contributed by atoms with Crippen LogP contribution in [-0.2, 0) is 137 Å². The Hall–Kier alpha value is -7.07. The maximum atomic E-state index is 13.4.